The van der Waals surface area contributed by atoms with Crippen LogP contribution in [0.25, 0.3) is 22.0 Å². The summed E-state index contributed by atoms with van der Waals surface area (Å²) in [5.74, 6) is 0.680. The smallest absolute Gasteiger partial charge is 0.261 e. The van der Waals surface area contributed by atoms with E-state index in [1.54, 1.807) is 13.2 Å². The predicted molar refractivity (Wildman–Crippen MR) is 113 cm³/mol. The van der Waals surface area contributed by atoms with Crippen molar-refractivity contribution in [2.75, 3.05) is 20.4 Å². The molecule has 2 aliphatic heterocycles. The Morgan fingerprint density at radius 3 is 2.83 bits per heavy atom. The summed E-state index contributed by atoms with van der Waals surface area (Å²) in [5.41, 5.74) is 8.62. The van der Waals surface area contributed by atoms with Gasteiger partial charge in [-0.15, -0.1) is 0 Å². The lowest BCUT2D eigenvalue weighted by Gasteiger charge is -2.29. The highest BCUT2D eigenvalue weighted by atomic mass is 16.7. The monoisotopic (exact) mass is 405 g/mol. The molecule has 1 unspecified atom stereocenters. The third-order valence-electron chi connectivity index (χ3n) is 5.88. The van der Waals surface area contributed by atoms with Crippen LogP contribution >= 0.6 is 0 Å². The summed E-state index contributed by atoms with van der Waals surface area (Å²) in [6, 6.07) is 11.9. The highest BCUT2D eigenvalue weighted by molar-refractivity contribution is 6.07. The van der Waals surface area contributed by atoms with E-state index in [0.717, 1.165) is 34.9 Å². The number of nitrogens with one attached hydrogen (secondary N) is 1. The zero-order valence-corrected chi connectivity index (χ0v) is 16.7. The maximum atomic E-state index is 13.3. The van der Waals surface area contributed by atoms with Gasteiger partial charge < -0.3 is 15.2 Å². The third kappa shape index (κ3) is 2.91. The average Bonchev–Trinajstić information content (AvgIpc) is 3.32. The number of aromatic nitrogens is 2. The molecule has 8 nitrogen and oxygen atoms in total. The van der Waals surface area contributed by atoms with Gasteiger partial charge in [0.25, 0.3) is 5.91 Å². The molecule has 0 bridgehead atoms. The molecule has 3 heterocycles. The molecule has 1 amide bonds. The summed E-state index contributed by atoms with van der Waals surface area (Å²) >= 11 is 0. The number of likely N-dealkylation sites (N-methyl/N-ethyl adjacent to an activating group) is 1. The molecule has 2 aliphatic rings. The van der Waals surface area contributed by atoms with Crippen molar-refractivity contribution in [2.45, 2.75) is 24.8 Å². The van der Waals surface area contributed by atoms with Gasteiger partial charge in [-0.1, -0.05) is 18.2 Å². The lowest BCUT2D eigenvalue weighted by Crippen LogP contribution is -2.41. The number of benzene rings is 2. The lowest BCUT2D eigenvalue weighted by atomic mass is 9.82. The first-order valence-corrected chi connectivity index (χ1v) is 10.0. The summed E-state index contributed by atoms with van der Waals surface area (Å²) < 4.78 is 11.5. The number of hydrogen-bond donors (Lipinski definition) is 2. The van der Waals surface area contributed by atoms with E-state index >= 15 is 0 Å². The van der Waals surface area contributed by atoms with E-state index in [-0.39, 0.29) is 18.7 Å². The van der Waals surface area contributed by atoms with E-state index in [0.29, 0.717) is 24.3 Å². The van der Waals surface area contributed by atoms with Crippen LogP contribution in [0.5, 0.6) is 5.75 Å². The highest BCUT2D eigenvalue weighted by Gasteiger charge is 2.49. The van der Waals surface area contributed by atoms with E-state index in [1.807, 2.05) is 36.4 Å². The van der Waals surface area contributed by atoms with Gasteiger partial charge >= 0.3 is 0 Å². The van der Waals surface area contributed by atoms with E-state index in [9.17, 15) is 4.79 Å². The van der Waals surface area contributed by atoms with Crippen molar-refractivity contribution in [3.05, 3.63) is 48.2 Å². The Balaban J connectivity index is 1.68. The summed E-state index contributed by atoms with van der Waals surface area (Å²) in [6.07, 6.45) is 3.95. The molecule has 1 atom stereocenters. The number of carbonyl (C=O) groups is 1. The zero-order chi connectivity index (χ0) is 20.7. The fourth-order valence-corrected chi connectivity index (χ4v) is 4.20. The largest absolute Gasteiger partial charge is 0.467 e. The molecule has 154 valence electrons. The second kappa shape index (κ2) is 7.14. The Morgan fingerprint density at radius 1 is 1.17 bits per heavy atom. The molecule has 3 N–H and O–H groups in total. The molecule has 0 fully saturated rings. The molecule has 8 heteroatoms. The van der Waals surface area contributed by atoms with Crippen LogP contribution in [0.4, 0.5) is 0 Å². The fraction of sp³-hybridized carbons (Fsp3) is 0.318. The predicted octanol–water partition coefficient (Wildman–Crippen LogP) is 2.75. The topological polar surface area (TPSA) is 106 Å². The zero-order valence-electron chi connectivity index (χ0n) is 16.7. The van der Waals surface area contributed by atoms with Gasteiger partial charge in [0.1, 0.15) is 5.75 Å². The molecule has 0 radical (unpaired) electrons. The van der Waals surface area contributed by atoms with Crippen LogP contribution in [-0.2, 0) is 15.1 Å². The van der Waals surface area contributed by atoms with Gasteiger partial charge in [0.15, 0.2) is 18.3 Å². The van der Waals surface area contributed by atoms with Crippen molar-refractivity contribution >= 4 is 22.8 Å². The number of nitrogens with zero attached hydrogens (tertiary/aromatic N) is 3. The number of H-pyrrole nitrogens is 1. The van der Waals surface area contributed by atoms with Crippen LogP contribution in [0.3, 0.4) is 0 Å². The van der Waals surface area contributed by atoms with Gasteiger partial charge in [0, 0.05) is 18.0 Å². The van der Waals surface area contributed by atoms with Crippen LogP contribution in [0.1, 0.15) is 24.8 Å². The molecule has 2 aromatic carbocycles. The van der Waals surface area contributed by atoms with Crippen molar-refractivity contribution in [2.24, 2.45) is 10.7 Å². The molecule has 0 saturated carbocycles. The van der Waals surface area contributed by atoms with Crippen LogP contribution in [0, 0.1) is 0 Å². The van der Waals surface area contributed by atoms with Gasteiger partial charge in [0.05, 0.1) is 18.3 Å². The number of ether oxygens (including phenoxy) is 2. The molecule has 1 spiro atoms. The minimum atomic E-state index is -1.08. The minimum absolute atomic E-state index is 0.131. The SMILES string of the molecule is CN1C(=O)C2(CCCCOCOc3ccc(-c4ccc5cn[nH]c5c4)cc32)N=C1N. The summed E-state index contributed by atoms with van der Waals surface area (Å²) in [4.78, 5) is 19.4. The minimum Gasteiger partial charge on any atom is -0.467 e. The maximum Gasteiger partial charge on any atom is 0.261 e. The number of guanidine groups is 1. The Bertz CT molecular complexity index is 1150. The normalized spacial score (nSPS) is 22.1. The number of rotatable bonds is 1. The van der Waals surface area contributed by atoms with Crippen molar-refractivity contribution in [1.82, 2.24) is 15.1 Å². The first-order valence-electron chi connectivity index (χ1n) is 10.0. The number of hydrogen-bond acceptors (Lipinski definition) is 6. The second-order valence-corrected chi connectivity index (χ2v) is 7.70. The summed E-state index contributed by atoms with van der Waals surface area (Å²) in [6.45, 7) is 0.711. The van der Waals surface area contributed by atoms with Gasteiger partial charge in [-0.2, -0.15) is 5.10 Å². The maximum absolute atomic E-state index is 13.3. The third-order valence-corrected chi connectivity index (χ3v) is 5.88. The number of carbonyl (C=O) groups excluding carboxylic acids is 1. The number of aromatic amines is 1. The second-order valence-electron chi connectivity index (χ2n) is 7.70. The van der Waals surface area contributed by atoms with Crippen LogP contribution < -0.4 is 10.5 Å². The molecule has 0 aliphatic carbocycles. The molecule has 30 heavy (non-hydrogen) atoms. The first kappa shape index (κ1) is 18.6. The van der Waals surface area contributed by atoms with Crippen molar-refractivity contribution < 1.29 is 14.3 Å². The number of fused-ring (bicyclic) bond motifs is 3. The highest BCUT2D eigenvalue weighted by Crippen LogP contribution is 2.44. The van der Waals surface area contributed by atoms with Crippen molar-refractivity contribution in [3.8, 4) is 16.9 Å². The number of nitrogens with two attached hydrogens (primary N) is 1. The van der Waals surface area contributed by atoms with Gasteiger partial charge in [-0.3, -0.25) is 14.8 Å². The van der Waals surface area contributed by atoms with Crippen LogP contribution in [0.2, 0.25) is 0 Å². The van der Waals surface area contributed by atoms with Crippen molar-refractivity contribution in [3.63, 3.8) is 0 Å². The van der Waals surface area contributed by atoms with Crippen LogP contribution in [0.15, 0.2) is 47.6 Å². The molecule has 1 aromatic heterocycles. The molecular formula is C22H23N5O3. The number of amides is 1. The molecule has 3 aromatic rings. The Kier molecular flexibility index (Phi) is 4.43. The van der Waals surface area contributed by atoms with Gasteiger partial charge in [-0.05, 0) is 48.6 Å². The van der Waals surface area contributed by atoms with E-state index < -0.39 is 5.54 Å². The van der Waals surface area contributed by atoms with E-state index in [4.69, 9.17) is 15.2 Å². The first-order chi connectivity index (χ1) is 14.6. The summed E-state index contributed by atoms with van der Waals surface area (Å²) in [7, 11) is 1.66. The van der Waals surface area contributed by atoms with Gasteiger partial charge in [0.2, 0.25) is 0 Å². The van der Waals surface area contributed by atoms with E-state index in [1.165, 1.54) is 4.90 Å². The van der Waals surface area contributed by atoms with E-state index in [2.05, 4.69) is 15.2 Å². The number of aliphatic imine (C=N–C) groups is 1. The Labute approximate surface area is 173 Å². The molecular weight excluding hydrogens is 382 g/mol. The fourth-order valence-electron chi connectivity index (χ4n) is 4.20. The van der Waals surface area contributed by atoms with Gasteiger partial charge in [-0.25, -0.2) is 4.99 Å². The standard InChI is InChI=1S/C22H23N5O3/c1-27-20(28)22(25-21(27)23)8-2-3-9-29-13-30-19-7-6-14(10-17(19)22)15-4-5-16-12-24-26-18(16)11-15/h4-7,10-12H,2-3,8-9,13H2,1H3,(H2,23,25)(H,24,26). The quantitative estimate of drug-likeness (QED) is 0.648. The molecule has 0 saturated heterocycles. The Hall–Kier alpha value is -3.39. The van der Waals surface area contributed by atoms with Crippen molar-refractivity contribution in [1.29, 1.82) is 0 Å². The van der Waals surface area contributed by atoms with Crippen LogP contribution in [-0.4, -0.2) is 47.4 Å². The lowest BCUT2D eigenvalue weighted by molar-refractivity contribution is -0.131. The summed E-state index contributed by atoms with van der Waals surface area (Å²) in [5, 5.41) is 8.14. The molecule has 5 rings (SSSR count). The average molecular weight is 405 g/mol. The Morgan fingerprint density at radius 2 is 2.00 bits per heavy atom.